The highest BCUT2D eigenvalue weighted by atomic mass is 35.5. The molecule has 3 atom stereocenters. The average molecular weight is 797 g/mol. The summed E-state index contributed by atoms with van der Waals surface area (Å²) in [7, 11) is -1.26. The fourth-order valence-electron chi connectivity index (χ4n) is 8.36. The molecule has 0 aliphatic carbocycles. The van der Waals surface area contributed by atoms with Crippen LogP contribution >= 0.6 is 11.6 Å². The summed E-state index contributed by atoms with van der Waals surface area (Å²) in [5.41, 5.74) is 2.49. The zero-order valence-electron chi connectivity index (χ0n) is 32.5. The molecule has 8 rings (SSSR count). The minimum absolute atomic E-state index is 0.102. The van der Waals surface area contributed by atoms with Crippen LogP contribution in [0.3, 0.4) is 0 Å². The van der Waals surface area contributed by atoms with Crippen molar-refractivity contribution in [1.29, 1.82) is 0 Å². The maximum Gasteiger partial charge on any atom is 0.261 e. The van der Waals surface area contributed by atoms with Gasteiger partial charge in [0, 0.05) is 12.6 Å². The van der Waals surface area contributed by atoms with E-state index in [2.05, 4.69) is 74.6 Å². The number of hydrogen-bond donors (Lipinski definition) is 1. The first-order chi connectivity index (χ1) is 27.6. The number of nitrogens with zero attached hydrogens (tertiary/aromatic N) is 3. The van der Waals surface area contributed by atoms with Crippen molar-refractivity contribution >= 4 is 47.3 Å². The lowest BCUT2D eigenvalue weighted by atomic mass is 9.77. The van der Waals surface area contributed by atoms with Crippen molar-refractivity contribution in [3.63, 3.8) is 0 Å². The Bertz CT molecular complexity index is 2330. The summed E-state index contributed by atoms with van der Waals surface area (Å²) in [6.07, 6.45) is -0.712. The van der Waals surface area contributed by atoms with E-state index in [0.717, 1.165) is 32.8 Å². The van der Waals surface area contributed by atoms with E-state index in [1.165, 1.54) is 0 Å². The summed E-state index contributed by atoms with van der Waals surface area (Å²) in [4.78, 5) is 9.87. The quantitative estimate of drug-likeness (QED) is 0.0755. The van der Waals surface area contributed by atoms with E-state index in [1.807, 2.05) is 114 Å². The number of ether oxygens (including phenoxy) is 2. The molecule has 0 amide bonds. The van der Waals surface area contributed by atoms with E-state index in [9.17, 15) is 0 Å². The third-order valence-corrected chi connectivity index (χ3v) is 16.4. The number of halogens is 2. The van der Waals surface area contributed by atoms with Gasteiger partial charge in [-0.2, -0.15) is 4.98 Å². The second kappa shape index (κ2) is 15.9. The average Bonchev–Trinajstić information content (AvgIpc) is 3.84. The molecule has 1 N–H and O–H groups in total. The number of aromatic nitrogens is 3. The number of benzene rings is 5. The van der Waals surface area contributed by atoms with E-state index in [-0.39, 0.29) is 23.2 Å². The van der Waals surface area contributed by atoms with Gasteiger partial charge >= 0.3 is 0 Å². The molecule has 7 aromatic rings. The Morgan fingerprint density at radius 3 is 1.81 bits per heavy atom. The third-order valence-electron chi connectivity index (χ3n) is 11.1. The third kappa shape index (κ3) is 7.14. The molecule has 290 valence electrons. The molecule has 2 aromatic heterocycles. The highest BCUT2D eigenvalue weighted by Crippen LogP contribution is 2.42. The van der Waals surface area contributed by atoms with Crippen LogP contribution in [0.1, 0.15) is 50.1 Å². The van der Waals surface area contributed by atoms with Gasteiger partial charge in [-0.3, -0.25) is 0 Å². The van der Waals surface area contributed by atoms with Gasteiger partial charge in [0.2, 0.25) is 5.95 Å². The molecule has 5 aromatic carbocycles. The Balaban J connectivity index is 1.14. The van der Waals surface area contributed by atoms with Crippen molar-refractivity contribution in [2.24, 2.45) is 0 Å². The van der Waals surface area contributed by atoms with Gasteiger partial charge < -0.3 is 23.8 Å². The molecule has 3 heterocycles. The van der Waals surface area contributed by atoms with Crippen LogP contribution in [0.4, 0.5) is 10.3 Å². The van der Waals surface area contributed by atoms with Crippen LogP contribution in [0.25, 0.3) is 11.0 Å². The van der Waals surface area contributed by atoms with Gasteiger partial charge in [-0.05, 0) is 50.3 Å². The molecular formula is C47H46ClFN4O3Si. The second-order valence-electron chi connectivity index (χ2n) is 15.5. The van der Waals surface area contributed by atoms with Gasteiger partial charge in [-0.25, -0.2) is 9.37 Å². The molecule has 0 unspecified atom stereocenters. The van der Waals surface area contributed by atoms with Gasteiger partial charge in [0.25, 0.3) is 8.32 Å². The van der Waals surface area contributed by atoms with Gasteiger partial charge in [-0.1, -0.05) is 166 Å². The molecule has 0 bridgehead atoms. The van der Waals surface area contributed by atoms with Crippen LogP contribution in [0.15, 0.2) is 158 Å². The zero-order valence-corrected chi connectivity index (χ0v) is 34.2. The summed E-state index contributed by atoms with van der Waals surface area (Å²) in [5, 5.41) is 6.65. The molecule has 1 fully saturated rings. The number of hydrogen-bond acceptors (Lipinski definition) is 6. The lowest BCUT2D eigenvalue weighted by molar-refractivity contribution is -0.0287. The lowest BCUT2D eigenvalue weighted by Gasteiger charge is -2.43. The van der Waals surface area contributed by atoms with Crippen molar-refractivity contribution in [3.05, 3.63) is 180 Å². The van der Waals surface area contributed by atoms with Gasteiger partial charge in [0.1, 0.15) is 40.6 Å². The van der Waals surface area contributed by atoms with Crippen molar-refractivity contribution < 1.29 is 18.3 Å². The van der Waals surface area contributed by atoms with Crippen molar-refractivity contribution in [2.45, 2.75) is 56.3 Å². The minimum Gasteiger partial charge on any atom is -0.497 e. The van der Waals surface area contributed by atoms with Crippen LogP contribution in [-0.2, 0) is 14.7 Å². The van der Waals surface area contributed by atoms with Crippen molar-refractivity contribution in [1.82, 2.24) is 14.5 Å². The van der Waals surface area contributed by atoms with E-state index in [1.54, 1.807) is 7.11 Å². The number of fused-ring (bicyclic) bond motifs is 1. The molecule has 10 heteroatoms. The number of methoxy groups -OCH3 is 1. The van der Waals surface area contributed by atoms with E-state index < -0.39 is 32.4 Å². The van der Waals surface area contributed by atoms with Gasteiger partial charge in [0.05, 0.1) is 19.1 Å². The number of alkyl halides is 1. The van der Waals surface area contributed by atoms with Gasteiger partial charge in [-0.15, -0.1) is 0 Å². The maximum atomic E-state index is 16.2. The summed E-state index contributed by atoms with van der Waals surface area (Å²) in [6, 6.07) is 50.9. The van der Waals surface area contributed by atoms with E-state index in [4.69, 9.17) is 35.5 Å². The molecular weight excluding hydrogens is 751 g/mol. The van der Waals surface area contributed by atoms with Crippen LogP contribution < -0.4 is 20.4 Å². The molecule has 1 saturated heterocycles. The predicted molar refractivity (Wildman–Crippen MR) is 229 cm³/mol. The second-order valence-corrected chi connectivity index (χ2v) is 20.2. The number of anilines is 1. The Kier molecular flexibility index (Phi) is 10.8. The van der Waals surface area contributed by atoms with Crippen LogP contribution in [0, 0.1) is 0 Å². The highest BCUT2D eigenvalue weighted by molar-refractivity contribution is 6.99. The summed E-state index contributed by atoms with van der Waals surface area (Å²) >= 11 is 6.95. The normalized spacial score (nSPS) is 17.5. The first-order valence-corrected chi connectivity index (χ1v) is 21.5. The summed E-state index contributed by atoms with van der Waals surface area (Å²) in [6.45, 7) is 6.74. The SMILES string of the molecule is COc1ccc(C(Nc2nc(Cl)c3ccn([C@H]4C[C@H](F)[C@@H](CO[Si](c5ccccc5)(c5ccccc5)C(C)(C)C)O4)c3n2)(c2ccccc2)c2ccccc2)cc1. The van der Waals surface area contributed by atoms with Crippen molar-refractivity contribution in [3.8, 4) is 5.75 Å². The number of rotatable bonds is 12. The van der Waals surface area contributed by atoms with E-state index >= 15 is 4.39 Å². The highest BCUT2D eigenvalue weighted by Gasteiger charge is 2.51. The van der Waals surface area contributed by atoms with Crippen molar-refractivity contribution in [2.75, 3.05) is 19.0 Å². The smallest absolute Gasteiger partial charge is 0.261 e. The Morgan fingerprint density at radius 1 is 0.754 bits per heavy atom. The molecule has 57 heavy (non-hydrogen) atoms. The molecule has 0 saturated carbocycles. The monoisotopic (exact) mass is 796 g/mol. The molecule has 0 radical (unpaired) electrons. The topological polar surface area (TPSA) is 70.4 Å². The Labute approximate surface area is 339 Å². The fraction of sp³-hybridized carbons (Fsp3) is 0.234. The largest absolute Gasteiger partial charge is 0.497 e. The van der Waals surface area contributed by atoms with Gasteiger partial charge in [0.15, 0.2) is 0 Å². The maximum absolute atomic E-state index is 16.2. The first-order valence-electron chi connectivity index (χ1n) is 19.3. The minimum atomic E-state index is -2.91. The molecule has 0 spiro atoms. The molecule has 7 nitrogen and oxygen atoms in total. The Morgan fingerprint density at radius 2 is 1.28 bits per heavy atom. The first kappa shape index (κ1) is 38.5. The summed E-state index contributed by atoms with van der Waals surface area (Å²) in [5.74, 6) is 1.04. The Hall–Kier alpha value is -5.32. The number of nitrogens with one attached hydrogen (secondary N) is 1. The van der Waals surface area contributed by atoms with Crippen LogP contribution in [-0.4, -0.2) is 48.8 Å². The predicted octanol–water partition coefficient (Wildman–Crippen LogP) is 9.70. The molecule has 1 aliphatic rings. The zero-order chi connectivity index (χ0) is 39.6. The van der Waals surface area contributed by atoms with E-state index in [0.29, 0.717) is 17.0 Å². The fourth-order valence-corrected chi connectivity index (χ4v) is 13.2. The summed E-state index contributed by atoms with van der Waals surface area (Å²) < 4.78 is 37.3. The van der Waals surface area contributed by atoms with Crippen LogP contribution in [0.5, 0.6) is 5.75 Å². The lowest BCUT2D eigenvalue weighted by Crippen LogP contribution is -2.67. The standard InChI is InChI=1S/C47H46ClFN4O3Si/c1-46(2,3)57(37-21-13-7-14-22-37,38-23-15-8-16-24-38)55-32-41-40(49)31-42(56-41)53-30-29-39-43(48)50-45(51-44(39)53)52-47(33-17-9-5-10-18-33,34-19-11-6-12-20-34)35-25-27-36(54-4)28-26-35/h5-30,40-42H,31-32H2,1-4H3,(H,50,51,52)/t40-,41+,42+/m0/s1. The van der Waals surface area contributed by atoms with Crippen LogP contribution in [0.2, 0.25) is 10.2 Å². The molecule has 1 aliphatic heterocycles.